The minimum absolute atomic E-state index is 0.662. The van der Waals surface area contributed by atoms with Crippen LogP contribution < -0.4 is 4.57 Å². The summed E-state index contributed by atoms with van der Waals surface area (Å²) in [6.07, 6.45) is -1.93. The van der Waals surface area contributed by atoms with Gasteiger partial charge in [-0.15, -0.1) is 0 Å². The molecule has 1 aromatic rings. The van der Waals surface area contributed by atoms with E-state index in [-0.39, 0.29) is 0 Å². The Kier molecular flexibility index (Phi) is 2.65. The lowest BCUT2D eigenvalue weighted by Gasteiger charge is -2.00. The molecular formula is C8H7F3NO+. The van der Waals surface area contributed by atoms with Gasteiger partial charge in [0, 0.05) is 12.1 Å². The quantitative estimate of drug-likeness (QED) is 0.640. The monoisotopic (exact) mass is 190 g/mol. The molecule has 0 saturated heterocycles. The average molecular weight is 190 g/mol. The number of nitrogens with zero attached hydrogens (tertiary/aromatic N) is 1. The summed E-state index contributed by atoms with van der Waals surface area (Å²) >= 11 is 0. The molecule has 0 fully saturated rings. The summed E-state index contributed by atoms with van der Waals surface area (Å²) in [6.45, 7) is -0.662. The molecule has 1 rings (SSSR count). The molecule has 0 bridgehead atoms. The normalized spacial score (nSPS) is 11.3. The van der Waals surface area contributed by atoms with Crippen molar-refractivity contribution in [3.8, 4) is 0 Å². The largest absolute Gasteiger partial charge is 0.456 e. The molecule has 5 heteroatoms. The standard InChI is InChI=1S/C8H7F3NO/c9-8(10,11)7(13)6-12-4-2-1-3-5-12/h1-5H,6H2/q+1. The van der Waals surface area contributed by atoms with E-state index in [1.807, 2.05) is 0 Å². The van der Waals surface area contributed by atoms with Crippen molar-refractivity contribution in [3.05, 3.63) is 30.6 Å². The summed E-state index contributed by atoms with van der Waals surface area (Å²) < 4.78 is 36.5. The number of ketones is 1. The van der Waals surface area contributed by atoms with Gasteiger partial charge in [-0.2, -0.15) is 17.7 Å². The second-order valence-corrected chi connectivity index (χ2v) is 2.47. The predicted molar refractivity (Wildman–Crippen MR) is 37.7 cm³/mol. The molecule has 0 unspecified atom stereocenters. The van der Waals surface area contributed by atoms with Crippen LogP contribution in [0.4, 0.5) is 13.2 Å². The molecule has 0 spiro atoms. The zero-order valence-electron chi connectivity index (χ0n) is 6.58. The van der Waals surface area contributed by atoms with E-state index in [1.165, 1.54) is 17.0 Å². The van der Waals surface area contributed by atoms with Crippen LogP contribution in [0.15, 0.2) is 30.6 Å². The number of alkyl halides is 3. The Balaban J connectivity index is 2.66. The Morgan fingerprint density at radius 3 is 2.15 bits per heavy atom. The fraction of sp³-hybridized carbons (Fsp3) is 0.250. The smallest absolute Gasteiger partial charge is 0.282 e. The van der Waals surface area contributed by atoms with Gasteiger partial charge in [0.25, 0.3) is 0 Å². The maximum Gasteiger partial charge on any atom is 0.456 e. The first kappa shape index (κ1) is 9.70. The number of halogens is 3. The summed E-state index contributed by atoms with van der Waals surface area (Å²) in [7, 11) is 0. The molecule has 0 saturated carbocycles. The van der Waals surface area contributed by atoms with E-state index in [0.717, 1.165) is 0 Å². The van der Waals surface area contributed by atoms with Crippen LogP contribution in [0.3, 0.4) is 0 Å². The topological polar surface area (TPSA) is 20.9 Å². The van der Waals surface area contributed by atoms with Crippen LogP contribution in [0.2, 0.25) is 0 Å². The van der Waals surface area contributed by atoms with Gasteiger partial charge in [0.05, 0.1) is 0 Å². The van der Waals surface area contributed by atoms with Crippen LogP contribution in [0.5, 0.6) is 0 Å². The number of hydrogen-bond acceptors (Lipinski definition) is 1. The van der Waals surface area contributed by atoms with Gasteiger partial charge in [0.2, 0.25) is 6.54 Å². The van der Waals surface area contributed by atoms with E-state index in [2.05, 4.69) is 0 Å². The van der Waals surface area contributed by atoms with Crippen LogP contribution in [-0.2, 0) is 11.3 Å². The molecule has 0 atom stereocenters. The van der Waals surface area contributed by atoms with Crippen molar-refractivity contribution in [1.82, 2.24) is 0 Å². The highest BCUT2D eigenvalue weighted by Gasteiger charge is 2.40. The third-order valence-electron chi connectivity index (χ3n) is 1.42. The Hall–Kier alpha value is -1.39. The summed E-state index contributed by atoms with van der Waals surface area (Å²) in [5.41, 5.74) is 0. The number of carbonyl (C=O) groups excluding carboxylic acids is 1. The predicted octanol–water partition coefficient (Wildman–Crippen LogP) is 1.11. The van der Waals surface area contributed by atoms with Crippen LogP contribution in [-0.4, -0.2) is 12.0 Å². The van der Waals surface area contributed by atoms with Crippen molar-refractivity contribution in [3.63, 3.8) is 0 Å². The minimum atomic E-state index is -4.75. The number of carbonyl (C=O) groups is 1. The van der Waals surface area contributed by atoms with Gasteiger partial charge in [-0.1, -0.05) is 6.07 Å². The SMILES string of the molecule is O=C(C[n+]1ccccc1)C(F)(F)F. The second-order valence-electron chi connectivity index (χ2n) is 2.47. The Morgan fingerprint density at radius 1 is 1.15 bits per heavy atom. The van der Waals surface area contributed by atoms with E-state index in [4.69, 9.17) is 0 Å². The van der Waals surface area contributed by atoms with Crippen molar-refractivity contribution >= 4 is 5.78 Å². The first-order valence-corrected chi connectivity index (χ1v) is 3.54. The third-order valence-corrected chi connectivity index (χ3v) is 1.42. The molecule has 0 aliphatic rings. The molecule has 0 aliphatic heterocycles. The molecule has 1 aromatic heterocycles. The van der Waals surface area contributed by atoms with Crippen LogP contribution in [0.1, 0.15) is 0 Å². The van der Waals surface area contributed by atoms with Gasteiger partial charge in [-0.05, 0) is 0 Å². The third kappa shape index (κ3) is 2.85. The molecular weight excluding hydrogens is 183 g/mol. The lowest BCUT2D eigenvalue weighted by molar-refractivity contribution is -0.685. The van der Waals surface area contributed by atoms with Crippen LogP contribution in [0.25, 0.3) is 0 Å². The van der Waals surface area contributed by atoms with Gasteiger partial charge < -0.3 is 0 Å². The Morgan fingerprint density at radius 2 is 1.69 bits per heavy atom. The highest BCUT2D eigenvalue weighted by molar-refractivity contribution is 5.82. The van der Waals surface area contributed by atoms with E-state index < -0.39 is 18.5 Å². The van der Waals surface area contributed by atoms with Crippen molar-refractivity contribution in [1.29, 1.82) is 0 Å². The highest BCUT2D eigenvalue weighted by atomic mass is 19.4. The second kappa shape index (κ2) is 3.55. The highest BCUT2D eigenvalue weighted by Crippen LogP contribution is 2.15. The van der Waals surface area contributed by atoms with Gasteiger partial charge in [0.15, 0.2) is 12.4 Å². The van der Waals surface area contributed by atoms with E-state index >= 15 is 0 Å². The number of aromatic nitrogens is 1. The van der Waals surface area contributed by atoms with Crippen molar-refractivity contribution in [2.45, 2.75) is 12.7 Å². The van der Waals surface area contributed by atoms with Gasteiger partial charge in [-0.3, -0.25) is 4.79 Å². The molecule has 2 nitrogen and oxygen atoms in total. The maximum atomic E-state index is 11.8. The van der Waals surface area contributed by atoms with E-state index in [1.54, 1.807) is 18.2 Å². The lowest BCUT2D eigenvalue weighted by Crippen LogP contribution is -2.42. The van der Waals surface area contributed by atoms with Gasteiger partial charge in [0.1, 0.15) is 0 Å². The molecule has 0 amide bonds. The lowest BCUT2D eigenvalue weighted by atomic mass is 10.3. The van der Waals surface area contributed by atoms with Crippen molar-refractivity contribution in [2.24, 2.45) is 0 Å². The van der Waals surface area contributed by atoms with Gasteiger partial charge in [-0.25, -0.2) is 0 Å². The Bertz CT molecular complexity index is 294. The van der Waals surface area contributed by atoms with E-state index in [9.17, 15) is 18.0 Å². The zero-order chi connectivity index (χ0) is 9.90. The van der Waals surface area contributed by atoms with Crippen molar-refractivity contribution < 1.29 is 22.5 Å². The molecule has 70 valence electrons. The van der Waals surface area contributed by atoms with Gasteiger partial charge >= 0.3 is 12.0 Å². The van der Waals surface area contributed by atoms with Crippen LogP contribution >= 0.6 is 0 Å². The van der Waals surface area contributed by atoms with Crippen molar-refractivity contribution in [2.75, 3.05) is 0 Å². The summed E-state index contributed by atoms with van der Waals surface area (Å²) in [6, 6.07) is 4.78. The minimum Gasteiger partial charge on any atom is -0.282 e. The molecule has 0 N–H and O–H groups in total. The summed E-state index contributed by atoms with van der Waals surface area (Å²) in [5, 5.41) is 0. The summed E-state index contributed by atoms with van der Waals surface area (Å²) in [5.74, 6) is -1.75. The first-order chi connectivity index (χ1) is 6.00. The Labute approximate surface area is 72.6 Å². The first-order valence-electron chi connectivity index (χ1n) is 3.54. The number of pyridine rings is 1. The van der Waals surface area contributed by atoms with E-state index in [0.29, 0.717) is 0 Å². The fourth-order valence-electron chi connectivity index (χ4n) is 0.795. The number of rotatable bonds is 2. The number of Topliss-reactive ketones (excluding diaryl/α,β-unsaturated/α-hetero) is 1. The number of hydrogen-bond donors (Lipinski definition) is 0. The molecule has 13 heavy (non-hydrogen) atoms. The summed E-state index contributed by atoms with van der Waals surface area (Å²) in [4.78, 5) is 10.5. The fourth-order valence-corrected chi connectivity index (χ4v) is 0.795. The molecule has 0 aromatic carbocycles. The molecule has 0 radical (unpaired) electrons. The average Bonchev–Trinajstić information content (AvgIpc) is 2.04. The van der Waals surface area contributed by atoms with Crippen LogP contribution in [0, 0.1) is 0 Å². The molecule has 0 aliphatic carbocycles. The maximum absolute atomic E-state index is 11.8. The molecule has 1 heterocycles. The zero-order valence-corrected chi connectivity index (χ0v) is 6.58.